The Balaban J connectivity index is 2.71. The zero-order valence-electron chi connectivity index (χ0n) is 8.51. The molecule has 0 spiro atoms. The van der Waals surface area contributed by atoms with E-state index >= 15 is 0 Å². The number of hydrogen-bond acceptors (Lipinski definition) is 2. The van der Waals surface area contributed by atoms with Crippen LogP contribution in [0.2, 0.25) is 5.02 Å². The summed E-state index contributed by atoms with van der Waals surface area (Å²) in [6.45, 7) is 0.574. The third kappa shape index (κ3) is 1.68. The minimum Gasteiger partial charge on any atom is -0.495 e. The molecule has 4 heteroatoms. The van der Waals surface area contributed by atoms with Crippen molar-refractivity contribution in [1.82, 2.24) is 4.98 Å². The summed E-state index contributed by atoms with van der Waals surface area (Å²) >= 11 is 6.12. The number of aromatic amines is 1. The molecule has 0 radical (unpaired) electrons. The zero-order valence-corrected chi connectivity index (χ0v) is 9.27. The molecule has 0 aliphatic rings. The van der Waals surface area contributed by atoms with Gasteiger partial charge in [0.05, 0.1) is 17.6 Å². The monoisotopic (exact) mass is 224 g/mol. The second kappa shape index (κ2) is 4.13. The lowest BCUT2D eigenvalue weighted by Gasteiger charge is -2.10. The molecule has 0 amide bonds. The average molecular weight is 225 g/mol. The summed E-state index contributed by atoms with van der Waals surface area (Å²) in [7, 11) is 1.62. The number of halogens is 1. The highest BCUT2D eigenvalue weighted by molar-refractivity contribution is 6.33. The molecule has 1 heterocycles. The summed E-state index contributed by atoms with van der Waals surface area (Å²) in [4.78, 5) is 3.18. The van der Waals surface area contributed by atoms with Gasteiger partial charge in [-0.15, -0.1) is 0 Å². The van der Waals surface area contributed by atoms with E-state index in [-0.39, 0.29) is 0 Å². The van der Waals surface area contributed by atoms with Gasteiger partial charge >= 0.3 is 0 Å². The van der Waals surface area contributed by atoms with E-state index in [1.54, 1.807) is 7.11 Å². The van der Waals surface area contributed by atoms with Crippen molar-refractivity contribution in [1.29, 1.82) is 0 Å². The van der Waals surface area contributed by atoms with Crippen molar-refractivity contribution in [3.63, 3.8) is 0 Å². The second-order valence-electron chi connectivity index (χ2n) is 3.35. The van der Waals surface area contributed by atoms with Crippen LogP contribution in [0.3, 0.4) is 0 Å². The summed E-state index contributed by atoms with van der Waals surface area (Å²) < 4.78 is 5.30. The molecular formula is C11H13ClN2O. The minimum atomic E-state index is 0.574. The Morgan fingerprint density at radius 3 is 3.00 bits per heavy atom. The van der Waals surface area contributed by atoms with E-state index in [1.807, 2.05) is 18.3 Å². The summed E-state index contributed by atoms with van der Waals surface area (Å²) in [6.07, 6.45) is 2.64. The predicted molar refractivity (Wildman–Crippen MR) is 62.6 cm³/mol. The van der Waals surface area contributed by atoms with Gasteiger partial charge in [0, 0.05) is 17.1 Å². The number of benzene rings is 1. The molecule has 80 valence electrons. The lowest BCUT2D eigenvalue weighted by Crippen LogP contribution is -2.05. The van der Waals surface area contributed by atoms with Crippen molar-refractivity contribution in [2.75, 3.05) is 13.7 Å². The molecule has 2 aromatic rings. The third-order valence-electron chi connectivity index (χ3n) is 2.45. The van der Waals surface area contributed by atoms with Gasteiger partial charge in [0.15, 0.2) is 0 Å². The molecular weight excluding hydrogens is 212 g/mol. The van der Waals surface area contributed by atoms with Gasteiger partial charge in [0.2, 0.25) is 0 Å². The van der Waals surface area contributed by atoms with E-state index in [2.05, 4.69) is 4.98 Å². The van der Waals surface area contributed by atoms with E-state index in [0.717, 1.165) is 28.6 Å². The van der Waals surface area contributed by atoms with E-state index in [0.29, 0.717) is 11.6 Å². The molecule has 3 N–H and O–H groups in total. The van der Waals surface area contributed by atoms with Gasteiger partial charge in [-0.05, 0) is 25.1 Å². The zero-order chi connectivity index (χ0) is 10.8. The normalized spacial score (nSPS) is 10.9. The largest absolute Gasteiger partial charge is 0.495 e. The number of ether oxygens (including phenoxy) is 1. The second-order valence-corrected chi connectivity index (χ2v) is 3.76. The minimum absolute atomic E-state index is 0.574. The number of aromatic nitrogens is 1. The fourth-order valence-electron chi connectivity index (χ4n) is 1.83. The van der Waals surface area contributed by atoms with Gasteiger partial charge in [-0.25, -0.2) is 0 Å². The first-order valence-electron chi connectivity index (χ1n) is 4.80. The molecule has 0 fully saturated rings. The van der Waals surface area contributed by atoms with Crippen LogP contribution < -0.4 is 10.5 Å². The van der Waals surface area contributed by atoms with Crippen LogP contribution in [0.4, 0.5) is 0 Å². The van der Waals surface area contributed by atoms with Crippen molar-refractivity contribution < 1.29 is 4.74 Å². The van der Waals surface area contributed by atoms with E-state index in [4.69, 9.17) is 22.1 Å². The molecule has 15 heavy (non-hydrogen) atoms. The fourth-order valence-corrected chi connectivity index (χ4v) is 2.14. The average Bonchev–Trinajstić information content (AvgIpc) is 2.66. The van der Waals surface area contributed by atoms with Crippen molar-refractivity contribution in [2.24, 2.45) is 5.73 Å². The third-order valence-corrected chi connectivity index (χ3v) is 2.73. The number of rotatable bonds is 3. The van der Waals surface area contributed by atoms with Crippen LogP contribution in [-0.4, -0.2) is 18.6 Å². The number of nitrogens with two attached hydrogens (primary N) is 1. The quantitative estimate of drug-likeness (QED) is 0.841. The maximum absolute atomic E-state index is 6.12. The number of methoxy groups -OCH3 is 1. The molecule has 2 rings (SSSR count). The Labute approximate surface area is 93.2 Å². The SMILES string of the molecule is COc1c(Cl)cc2cc[nH]c2c1CCN. The smallest absolute Gasteiger partial charge is 0.142 e. The lowest BCUT2D eigenvalue weighted by molar-refractivity contribution is 0.411. The molecule has 0 unspecified atom stereocenters. The highest BCUT2D eigenvalue weighted by Crippen LogP contribution is 2.34. The van der Waals surface area contributed by atoms with Crippen LogP contribution in [0.15, 0.2) is 18.3 Å². The van der Waals surface area contributed by atoms with E-state index in [1.165, 1.54) is 0 Å². The summed E-state index contributed by atoms with van der Waals surface area (Å²) in [5.41, 5.74) is 7.69. The molecule has 0 aliphatic carbocycles. The number of hydrogen-bond donors (Lipinski definition) is 2. The molecule has 0 bridgehead atoms. The summed E-state index contributed by atoms with van der Waals surface area (Å²) in [6, 6.07) is 3.88. The van der Waals surface area contributed by atoms with Crippen LogP contribution in [0.25, 0.3) is 10.9 Å². The summed E-state index contributed by atoms with van der Waals surface area (Å²) in [5.74, 6) is 0.720. The Morgan fingerprint density at radius 1 is 1.53 bits per heavy atom. The van der Waals surface area contributed by atoms with Gasteiger partial charge in [0.25, 0.3) is 0 Å². The van der Waals surface area contributed by atoms with Gasteiger partial charge in [0.1, 0.15) is 5.75 Å². The van der Waals surface area contributed by atoms with Crippen LogP contribution >= 0.6 is 11.6 Å². The molecule has 0 atom stereocenters. The summed E-state index contributed by atoms with van der Waals surface area (Å²) in [5, 5.41) is 1.72. The molecule has 0 saturated carbocycles. The lowest BCUT2D eigenvalue weighted by atomic mass is 10.1. The maximum Gasteiger partial charge on any atom is 0.142 e. The Morgan fingerprint density at radius 2 is 2.33 bits per heavy atom. The van der Waals surface area contributed by atoms with Gasteiger partial charge in [-0.2, -0.15) is 0 Å². The van der Waals surface area contributed by atoms with Crippen LogP contribution in [0, 0.1) is 0 Å². The number of fused-ring (bicyclic) bond motifs is 1. The van der Waals surface area contributed by atoms with Crippen molar-refractivity contribution in [3.8, 4) is 5.75 Å². The van der Waals surface area contributed by atoms with Crippen molar-refractivity contribution in [2.45, 2.75) is 6.42 Å². The van der Waals surface area contributed by atoms with Gasteiger partial charge < -0.3 is 15.5 Å². The van der Waals surface area contributed by atoms with Crippen LogP contribution in [0.1, 0.15) is 5.56 Å². The van der Waals surface area contributed by atoms with Gasteiger partial charge in [-0.3, -0.25) is 0 Å². The van der Waals surface area contributed by atoms with Crippen molar-refractivity contribution in [3.05, 3.63) is 28.9 Å². The molecule has 3 nitrogen and oxygen atoms in total. The standard InChI is InChI=1S/C11H13ClN2O/c1-15-11-8(2-4-13)10-7(3-5-14-10)6-9(11)12/h3,5-6,14H,2,4,13H2,1H3. The molecule has 0 saturated heterocycles. The fraction of sp³-hybridized carbons (Fsp3) is 0.273. The maximum atomic E-state index is 6.12. The predicted octanol–water partition coefficient (Wildman–Crippen LogP) is 2.33. The first-order chi connectivity index (χ1) is 7.27. The van der Waals surface area contributed by atoms with E-state index < -0.39 is 0 Å². The molecule has 1 aromatic heterocycles. The Hall–Kier alpha value is -1.19. The van der Waals surface area contributed by atoms with Gasteiger partial charge in [-0.1, -0.05) is 11.6 Å². The number of nitrogens with one attached hydrogen (secondary N) is 1. The first-order valence-corrected chi connectivity index (χ1v) is 5.18. The first kappa shape index (κ1) is 10.3. The number of H-pyrrole nitrogens is 1. The Bertz CT molecular complexity index is 479. The highest BCUT2D eigenvalue weighted by Gasteiger charge is 2.12. The van der Waals surface area contributed by atoms with Crippen molar-refractivity contribution >= 4 is 22.5 Å². The highest BCUT2D eigenvalue weighted by atomic mass is 35.5. The molecule has 1 aromatic carbocycles. The van der Waals surface area contributed by atoms with E-state index in [9.17, 15) is 0 Å². The topological polar surface area (TPSA) is 51.0 Å². The molecule has 0 aliphatic heterocycles. The van der Waals surface area contributed by atoms with Crippen LogP contribution in [0.5, 0.6) is 5.75 Å². The Kier molecular flexibility index (Phi) is 2.84. The van der Waals surface area contributed by atoms with Crippen LogP contribution in [-0.2, 0) is 6.42 Å².